The van der Waals surface area contributed by atoms with E-state index >= 15 is 0 Å². The maximum atomic E-state index is 13.5. The Morgan fingerprint density at radius 1 is 1.10 bits per heavy atom. The van der Waals surface area contributed by atoms with Gasteiger partial charge in [-0.2, -0.15) is 8.78 Å². The number of hydrogen-bond donors (Lipinski definition) is 2. The molecule has 0 fully saturated rings. The highest BCUT2D eigenvalue weighted by Gasteiger charge is 2.23. The molecular weight excluding hydrogens is 410 g/mol. The average Bonchev–Trinajstić information content (AvgIpc) is 3.07. The fraction of sp³-hybridized carbons (Fsp3) is 0.286. The Balaban J connectivity index is 1.62. The lowest BCUT2D eigenvalue weighted by Gasteiger charge is -2.14. The van der Waals surface area contributed by atoms with E-state index in [2.05, 4.69) is 15.6 Å². The minimum atomic E-state index is -2.78. The first-order valence-electron chi connectivity index (χ1n) is 9.33. The Morgan fingerprint density at radius 2 is 1.77 bits per heavy atom. The van der Waals surface area contributed by atoms with Gasteiger partial charge in [-0.25, -0.2) is 4.98 Å². The number of amides is 2. The molecule has 3 aromatic rings. The molecule has 2 N–H and O–H groups in total. The zero-order chi connectivity index (χ0) is 21.8. The van der Waals surface area contributed by atoms with Gasteiger partial charge >= 0.3 is 6.55 Å². The number of carbonyl (C=O) groups excluding carboxylic acids is 2. The number of aromatic nitrogens is 2. The van der Waals surface area contributed by atoms with Gasteiger partial charge in [0, 0.05) is 5.69 Å². The summed E-state index contributed by atoms with van der Waals surface area (Å²) >= 11 is 0.921. The number of hydrogen-bond acceptors (Lipinski definition) is 4. The molecule has 3 rings (SSSR count). The van der Waals surface area contributed by atoms with Gasteiger partial charge in [0.2, 0.25) is 11.8 Å². The van der Waals surface area contributed by atoms with Crippen LogP contribution in [-0.4, -0.2) is 33.2 Å². The molecule has 6 nitrogen and oxygen atoms in total. The van der Waals surface area contributed by atoms with Crippen LogP contribution < -0.4 is 10.6 Å². The zero-order valence-electron chi connectivity index (χ0n) is 16.8. The van der Waals surface area contributed by atoms with Gasteiger partial charge in [-0.1, -0.05) is 42.1 Å². The predicted octanol–water partition coefficient (Wildman–Crippen LogP) is 4.28. The number of nitrogens with one attached hydrogen (secondary N) is 2. The third kappa shape index (κ3) is 4.79. The fourth-order valence-corrected chi connectivity index (χ4v) is 3.96. The topological polar surface area (TPSA) is 76.0 Å². The molecule has 0 aliphatic carbocycles. The van der Waals surface area contributed by atoms with Gasteiger partial charge in [0.05, 0.1) is 22.8 Å². The second-order valence-electron chi connectivity index (χ2n) is 6.82. The number of benzene rings is 2. The number of alkyl halides is 2. The first kappa shape index (κ1) is 21.8. The molecule has 1 aromatic heterocycles. The summed E-state index contributed by atoms with van der Waals surface area (Å²) in [5, 5.41) is 4.67. The molecule has 0 saturated heterocycles. The molecule has 2 amide bonds. The van der Waals surface area contributed by atoms with Crippen LogP contribution in [-0.2, 0) is 9.59 Å². The highest BCUT2D eigenvalue weighted by Crippen LogP contribution is 2.31. The molecule has 9 heteroatoms. The third-order valence-electron chi connectivity index (χ3n) is 4.58. The molecule has 30 heavy (non-hydrogen) atoms. The van der Waals surface area contributed by atoms with E-state index in [9.17, 15) is 18.4 Å². The molecule has 2 aromatic carbocycles. The van der Waals surface area contributed by atoms with Crippen LogP contribution >= 0.6 is 11.8 Å². The van der Waals surface area contributed by atoms with E-state index in [1.54, 1.807) is 31.2 Å². The number of carbonyl (C=O) groups is 2. The van der Waals surface area contributed by atoms with Crippen molar-refractivity contribution in [3.63, 3.8) is 0 Å². The standard InChI is InChI=1S/C21H22F2N4O2S/c1-12-7-6-8-13(2)18(12)26-17(28)11-24-19(29)14(3)30-21-25-15-9-4-5-10-16(15)27(21)20(22)23/h4-10,14,20H,11H2,1-3H3,(H,24,29)(H,26,28). The number of aryl methyl sites for hydroxylation is 2. The molecule has 1 unspecified atom stereocenters. The summed E-state index contributed by atoms with van der Waals surface area (Å²) in [6, 6.07) is 12.2. The Hall–Kier alpha value is -2.94. The molecule has 0 bridgehead atoms. The lowest BCUT2D eigenvalue weighted by atomic mass is 10.1. The van der Waals surface area contributed by atoms with E-state index in [1.165, 1.54) is 0 Å². The molecule has 0 aliphatic heterocycles. The minimum Gasteiger partial charge on any atom is -0.346 e. The third-order valence-corrected chi connectivity index (χ3v) is 5.65. The number of nitrogens with zero attached hydrogens (tertiary/aromatic N) is 2. The Labute approximate surface area is 177 Å². The number of fused-ring (bicyclic) bond motifs is 1. The van der Waals surface area contributed by atoms with Crippen molar-refractivity contribution in [1.82, 2.24) is 14.9 Å². The molecule has 0 saturated carbocycles. The smallest absolute Gasteiger partial charge is 0.321 e. The monoisotopic (exact) mass is 432 g/mol. The Morgan fingerprint density at radius 3 is 2.43 bits per heavy atom. The van der Waals surface area contributed by atoms with Crippen LogP contribution in [0.5, 0.6) is 0 Å². The normalized spacial score (nSPS) is 12.2. The van der Waals surface area contributed by atoms with Crippen molar-refractivity contribution in [2.75, 3.05) is 11.9 Å². The SMILES string of the molecule is Cc1cccc(C)c1NC(=O)CNC(=O)C(C)Sc1nc2ccccc2n1C(F)F. The second-order valence-corrected chi connectivity index (χ2v) is 8.13. The first-order valence-corrected chi connectivity index (χ1v) is 10.2. The van der Waals surface area contributed by atoms with Crippen molar-refractivity contribution < 1.29 is 18.4 Å². The van der Waals surface area contributed by atoms with Gasteiger partial charge in [-0.15, -0.1) is 0 Å². The number of para-hydroxylation sites is 3. The molecule has 1 atom stereocenters. The van der Waals surface area contributed by atoms with E-state index in [-0.39, 0.29) is 17.6 Å². The lowest BCUT2D eigenvalue weighted by Crippen LogP contribution is -2.37. The van der Waals surface area contributed by atoms with E-state index in [0.29, 0.717) is 16.7 Å². The predicted molar refractivity (Wildman–Crippen MR) is 114 cm³/mol. The Bertz CT molecular complexity index is 1060. The minimum absolute atomic E-state index is 0.0498. The average molecular weight is 432 g/mol. The van der Waals surface area contributed by atoms with Crippen LogP contribution in [0.2, 0.25) is 0 Å². The van der Waals surface area contributed by atoms with Crippen molar-refractivity contribution in [3.8, 4) is 0 Å². The molecule has 0 spiro atoms. The highest BCUT2D eigenvalue weighted by atomic mass is 32.2. The molecule has 0 aliphatic rings. The largest absolute Gasteiger partial charge is 0.346 e. The van der Waals surface area contributed by atoms with Crippen molar-refractivity contribution in [2.24, 2.45) is 0 Å². The van der Waals surface area contributed by atoms with Crippen molar-refractivity contribution in [3.05, 3.63) is 53.6 Å². The van der Waals surface area contributed by atoms with Gasteiger partial charge in [0.25, 0.3) is 0 Å². The molecular formula is C21H22F2N4O2S. The maximum Gasteiger partial charge on any atom is 0.321 e. The number of halogens is 2. The van der Waals surface area contributed by atoms with E-state index in [1.807, 2.05) is 32.0 Å². The molecule has 1 heterocycles. The van der Waals surface area contributed by atoms with E-state index in [4.69, 9.17) is 0 Å². The lowest BCUT2D eigenvalue weighted by molar-refractivity contribution is -0.123. The van der Waals surface area contributed by atoms with Crippen LogP contribution in [0.4, 0.5) is 14.5 Å². The summed E-state index contributed by atoms with van der Waals surface area (Å²) < 4.78 is 27.9. The quantitative estimate of drug-likeness (QED) is 0.547. The number of rotatable bonds is 7. The van der Waals surface area contributed by atoms with Crippen molar-refractivity contribution in [1.29, 1.82) is 0 Å². The zero-order valence-corrected chi connectivity index (χ0v) is 17.6. The van der Waals surface area contributed by atoms with Gasteiger partial charge in [-0.3, -0.25) is 14.2 Å². The van der Waals surface area contributed by atoms with Gasteiger partial charge in [-0.05, 0) is 44.0 Å². The van der Waals surface area contributed by atoms with E-state index < -0.39 is 17.7 Å². The van der Waals surface area contributed by atoms with Crippen molar-refractivity contribution >= 4 is 40.3 Å². The second kappa shape index (κ2) is 9.25. The van der Waals surface area contributed by atoms with Crippen LogP contribution in [0, 0.1) is 13.8 Å². The van der Waals surface area contributed by atoms with Crippen LogP contribution in [0.3, 0.4) is 0 Å². The van der Waals surface area contributed by atoms with Gasteiger partial charge < -0.3 is 10.6 Å². The van der Waals surface area contributed by atoms with E-state index in [0.717, 1.165) is 27.5 Å². The summed E-state index contributed by atoms with van der Waals surface area (Å²) in [7, 11) is 0. The number of imidazole rings is 1. The summed E-state index contributed by atoms with van der Waals surface area (Å²) in [6.07, 6.45) is 0. The highest BCUT2D eigenvalue weighted by molar-refractivity contribution is 8.00. The van der Waals surface area contributed by atoms with Gasteiger partial charge in [0.15, 0.2) is 5.16 Å². The van der Waals surface area contributed by atoms with Crippen LogP contribution in [0.1, 0.15) is 24.6 Å². The molecule has 0 radical (unpaired) electrons. The summed E-state index contributed by atoms with van der Waals surface area (Å²) in [6.45, 7) is 2.35. The fourth-order valence-electron chi connectivity index (χ4n) is 3.01. The number of anilines is 1. The van der Waals surface area contributed by atoms with Crippen molar-refractivity contribution in [2.45, 2.75) is 37.7 Å². The van der Waals surface area contributed by atoms with Gasteiger partial charge in [0.1, 0.15) is 0 Å². The summed E-state index contributed by atoms with van der Waals surface area (Å²) in [4.78, 5) is 28.8. The Kier molecular flexibility index (Phi) is 6.71. The first-order chi connectivity index (χ1) is 14.3. The molecule has 158 valence electrons. The summed E-state index contributed by atoms with van der Waals surface area (Å²) in [5.41, 5.74) is 3.29. The van der Waals surface area contributed by atoms with Crippen LogP contribution in [0.15, 0.2) is 47.6 Å². The van der Waals surface area contributed by atoms with Crippen LogP contribution in [0.25, 0.3) is 11.0 Å². The number of thioether (sulfide) groups is 1. The summed E-state index contributed by atoms with van der Waals surface area (Å²) in [5.74, 6) is -0.803. The maximum absolute atomic E-state index is 13.5.